The van der Waals surface area contributed by atoms with Gasteiger partial charge in [0.1, 0.15) is 0 Å². The molecule has 0 fully saturated rings. The third-order valence-corrected chi connectivity index (χ3v) is 4.58. The van der Waals surface area contributed by atoms with Crippen LogP contribution in [0.2, 0.25) is 5.02 Å². The standard InChI is InChI=1S/C21H20ClN5O3/c1-26(2)12-11-23-21(28)18-13-24-20(15-3-7-16(22)8-4-15)25-19(18)14-5-9-17(10-6-14)27(29)30/h3-10,13H,11-12H2,1-2H3,(H,23,28). The minimum absolute atomic E-state index is 0.0392. The van der Waals surface area contributed by atoms with Gasteiger partial charge in [-0.3, -0.25) is 14.9 Å². The highest BCUT2D eigenvalue weighted by molar-refractivity contribution is 6.30. The molecule has 9 heteroatoms. The molecule has 0 unspecified atom stereocenters. The summed E-state index contributed by atoms with van der Waals surface area (Å²) in [6.07, 6.45) is 1.47. The van der Waals surface area contributed by atoms with Gasteiger partial charge in [0.2, 0.25) is 0 Å². The van der Waals surface area contributed by atoms with E-state index in [-0.39, 0.29) is 11.6 Å². The quantitative estimate of drug-likeness (QED) is 0.458. The van der Waals surface area contributed by atoms with Gasteiger partial charge >= 0.3 is 0 Å². The second kappa shape index (κ2) is 9.43. The number of nitrogens with one attached hydrogen (secondary N) is 1. The maximum atomic E-state index is 12.8. The summed E-state index contributed by atoms with van der Waals surface area (Å²) in [5.41, 5.74) is 1.97. The van der Waals surface area contributed by atoms with Crippen LogP contribution in [0.25, 0.3) is 22.6 Å². The molecule has 0 aliphatic rings. The average molecular weight is 426 g/mol. The lowest BCUT2D eigenvalue weighted by molar-refractivity contribution is -0.384. The third-order valence-electron chi connectivity index (χ3n) is 4.33. The summed E-state index contributed by atoms with van der Waals surface area (Å²) in [5.74, 6) is 0.109. The largest absolute Gasteiger partial charge is 0.351 e. The molecule has 2 aromatic carbocycles. The summed E-state index contributed by atoms with van der Waals surface area (Å²) in [7, 11) is 3.83. The number of non-ortho nitro benzene ring substituents is 1. The Morgan fingerprint density at radius 3 is 2.33 bits per heavy atom. The van der Waals surface area contributed by atoms with E-state index in [9.17, 15) is 14.9 Å². The van der Waals surface area contributed by atoms with Crippen LogP contribution in [0.4, 0.5) is 5.69 Å². The number of carbonyl (C=O) groups is 1. The molecular weight excluding hydrogens is 406 g/mol. The van der Waals surface area contributed by atoms with Gasteiger partial charge in [-0.25, -0.2) is 9.97 Å². The van der Waals surface area contributed by atoms with E-state index in [2.05, 4.69) is 15.3 Å². The zero-order valence-corrected chi connectivity index (χ0v) is 17.3. The Kier molecular flexibility index (Phi) is 6.71. The molecular formula is C21H20ClN5O3. The molecule has 1 N–H and O–H groups in total. The molecule has 0 saturated carbocycles. The molecule has 3 aromatic rings. The number of likely N-dealkylation sites (N-methyl/N-ethyl adjacent to an activating group) is 1. The molecule has 0 bridgehead atoms. The van der Waals surface area contributed by atoms with Crippen LogP contribution in [0.1, 0.15) is 10.4 Å². The van der Waals surface area contributed by atoms with E-state index in [1.165, 1.54) is 18.3 Å². The first kappa shape index (κ1) is 21.4. The molecule has 0 atom stereocenters. The van der Waals surface area contributed by atoms with Gasteiger partial charge < -0.3 is 10.2 Å². The predicted molar refractivity (Wildman–Crippen MR) is 115 cm³/mol. The van der Waals surface area contributed by atoms with Crippen molar-refractivity contribution in [2.24, 2.45) is 0 Å². The lowest BCUT2D eigenvalue weighted by atomic mass is 10.1. The smallest absolute Gasteiger partial charge is 0.269 e. The van der Waals surface area contributed by atoms with Gasteiger partial charge in [0, 0.05) is 47.6 Å². The fourth-order valence-corrected chi connectivity index (χ4v) is 2.86. The zero-order valence-electron chi connectivity index (χ0n) is 16.5. The second-order valence-electron chi connectivity index (χ2n) is 6.83. The number of hydrogen-bond acceptors (Lipinski definition) is 6. The number of amides is 1. The van der Waals surface area contributed by atoms with Crippen LogP contribution in [-0.2, 0) is 0 Å². The summed E-state index contributed by atoms with van der Waals surface area (Å²) >= 11 is 5.95. The first-order valence-electron chi connectivity index (χ1n) is 9.16. The molecule has 30 heavy (non-hydrogen) atoms. The van der Waals surface area contributed by atoms with Gasteiger partial charge in [0.25, 0.3) is 11.6 Å². The number of rotatable bonds is 7. The number of nitro benzene ring substituents is 1. The highest BCUT2D eigenvalue weighted by Gasteiger charge is 2.18. The van der Waals surface area contributed by atoms with Gasteiger partial charge in [-0.05, 0) is 50.5 Å². The van der Waals surface area contributed by atoms with E-state index >= 15 is 0 Å². The molecule has 1 heterocycles. The normalized spacial score (nSPS) is 10.8. The Hall–Kier alpha value is -3.36. The predicted octanol–water partition coefficient (Wildman–Crippen LogP) is 3.66. The SMILES string of the molecule is CN(C)CCNC(=O)c1cnc(-c2ccc(Cl)cc2)nc1-c1ccc([N+](=O)[O-])cc1. The highest BCUT2D eigenvalue weighted by atomic mass is 35.5. The highest BCUT2D eigenvalue weighted by Crippen LogP contribution is 2.27. The number of nitro groups is 1. The Morgan fingerprint density at radius 1 is 1.10 bits per heavy atom. The van der Waals surface area contributed by atoms with Crippen molar-refractivity contribution in [1.82, 2.24) is 20.2 Å². The fraction of sp³-hybridized carbons (Fsp3) is 0.190. The number of benzene rings is 2. The Labute approximate surface area is 178 Å². The first-order valence-corrected chi connectivity index (χ1v) is 9.53. The number of carbonyl (C=O) groups excluding carboxylic acids is 1. The lowest BCUT2D eigenvalue weighted by Gasteiger charge is -2.13. The van der Waals surface area contributed by atoms with Gasteiger partial charge in [-0.1, -0.05) is 11.6 Å². The van der Waals surface area contributed by atoms with E-state index in [0.717, 1.165) is 5.56 Å². The maximum Gasteiger partial charge on any atom is 0.269 e. The van der Waals surface area contributed by atoms with Crippen molar-refractivity contribution in [2.75, 3.05) is 27.2 Å². The Bertz CT molecular complexity index is 1050. The van der Waals surface area contributed by atoms with Gasteiger partial charge in [-0.2, -0.15) is 0 Å². The molecule has 8 nitrogen and oxygen atoms in total. The molecule has 1 aromatic heterocycles. The molecule has 0 radical (unpaired) electrons. The first-order chi connectivity index (χ1) is 14.3. The van der Waals surface area contributed by atoms with Crippen molar-refractivity contribution in [2.45, 2.75) is 0 Å². The van der Waals surface area contributed by atoms with Crippen LogP contribution in [-0.4, -0.2) is 52.9 Å². The summed E-state index contributed by atoms with van der Waals surface area (Å²) in [4.78, 5) is 34.1. The molecule has 0 aliphatic heterocycles. The second-order valence-corrected chi connectivity index (χ2v) is 7.26. The van der Waals surface area contributed by atoms with Crippen molar-refractivity contribution in [3.63, 3.8) is 0 Å². The van der Waals surface area contributed by atoms with Gasteiger partial charge in [0.15, 0.2) is 5.82 Å². The lowest BCUT2D eigenvalue weighted by Crippen LogP contribution is -2.31. The van der Waals surface area contributed by atoms with Crippen LogP contribution in [0, 0.1) is 10.1 Å². The number of halogens is 1. The summed E-state index contributed by atoms with van der Waals surface area (Å²) < 4.78 is 0. The Morgan fingerprint density at radius 2 is 1.73 bits per heavy atom. The van der Waals surface area contributed by atoms with E-state index in [0.29, 0.717) is 40.8 Å². The monoisotopic (exact) mass is 425 g/mol. The van der Waals surface area contributed by atoms with Crippen molar-refractivity contribution < 1.29 is 9.72 Å². The minimum Gasteiger partial charge on any atom is -0.351 e. The van der Waals surface area contributed by atoms with E-state index in [1.807, 2.05) is 19.0 Å². The third kappa shape index (κ3) is 5.16. The summed E-state index contributed by atoms with van der Waals surface area (Å²) in [5, 5.41) is 14.4. The van der Waals surface area contributed by atoms with Crippen molar-refractivity contribution >= 4 is 23.2 Å². The van der Waals surface area contributed by atoms with Crippen LogP contribution in [0.15, 0.2) is 54.7 Å². The van der Waals surface area contributed by atoms with Crippen molar-refractivity contribution in [3.05, 3.63) is 75.4 Å². The summed E-state index contributed by atoms with van der Waals surface area (Å²) in [6.45, 7) is 1.15. The average Bonchev–Trinajstić information content (AvgIpc) is 2.73. The maximum absolute atomic E-state index is 12.8. The number of aromatic nitrogens is 2. The molecule has 0 spiro atoms. The fourth-order valence-electron chi connectivity index (χ4n) is 2.74. The summed E-state index contributed by atoms with van der Waals surface area (Å²) in [6, 6.07) is 12.9. The van der Waals surface area contributed by atoms with Crippen molar-refractivity contribution in [1.29, 1.82) is 0 Å². The minimum atomic E-state index is -0.474. The van der Waals surface area contributed by atoms with Crippen molar-refractivity contribution in [3.8, 4) is 22.6 Å². The molecule has 0 saturated heterocycles. The van der Waals surface area contributed by atoms with Gasteiger partial charge in [-0.15, -0.1) is 0 Å². The van der Waals surface area contributed by atoms with Gasteiger partial charge in [0.05, 0.1) is 16.2 Å². The number of nitrogens with zero attached hydrogens (tertiary/aromatic N) is 4. The van der Waals surface area contributed by atoms with Crippen LogP contribution in [0.5, 0.6) is 0 Å². The molecule has 3 rings (SSSR count). The molecule has 154 valence electrons. The van der Waals surface area contributed by atoms with Crippen LogP contribution >= 0.6 is 11.6 Å². The van der Waals surface area contributed by atoms with E-state index in [4.69, 9.17) is 11.6 Å². The Balaban J connectivity index is 2.01. The molecule has 0 aliphatic carbocycles. The van der Waals surface area contributed by atoms with E-state index < -0.39 is 4.92 Å². The topological polar surface area (TPSA) is 101 Å². The zero-order chi connectivity index (χ0) is 21.7. The number of hydrogen-bond donors (Lipinski definition) is 1. The van der Waals surface area contributed by atoms with Crippen LogP contribution < -0.4 is 5.32 Å². The van der Waals surface area contributed by atoms with Crippen LogP contribution in [0.3, 0.4) is 0 Å². The molecule has 1 amide bonds. The van der Waals surface area contributed by atoms with E-state index in [1.54, 1.807) is 36.4 Å².